The molecule has 0 fully saturated rings. The average Bonchev–Trinajstić information content (AvgIpc) is 3.29. The van der Waals surface area contributed by atoms with E-state index in [0.29, 0.717) is 17.5 Å². The predicted molar refractivity (Wildman–Crippen MR) is 135 cm³/mol. The Labute approximate surface area is 192 Å². The first kappa shape index (κ1) is 20.6. The van der Waals surface area contributed by atoms with E-state index in [1.54, 1.807) is 0 Å². The Bertz CT molecular complexity index is 1470. The first-order valence-corrected chi connectivity index (χ1v) is 11.1. The van der Waals surface area contributed by atoms with E-state index in [2.05, 4.69) is 12.1 Å². The highest BCUT2D eigenvalue weighted by Crippen LogP contribution is 2.35. The van der Waals surface area contributed by atoms with Crippen LogP contribution in [-0.4, -0.2) is 15.0 Å². The second kappa shape index (κ2) is 9.05. The molecule has 2 heterocycles. The zero-order valence-electron chi connectivity index (χ0n) is 18.6. The van der Waals surface area contributed by atoms with Crippen molar-refractivity contribution in [3.63, 3.8) is 0 Å². The summed E-state index contributed by atoms with van der Waals surface area (Å²) in [5.41, 5.74) is 4.38. The molecule has 33 heavy (non-hydrogen) atoms. The summed E-state index contributed by atoms with van der Waals surface area (Å²) in [5, 5.41) is 2.14. The van der Waals surface area contributed by atoms with E-state index < -0.39 is 0 Å². The quantitative estimate of drug-likeness (QED) is 0.288. The van der Waals surface area contributed by atoms with Crippen molar-refractivity contribution in [1.29, 1.82) is 0 Å². The normalized spacial score (nSPS) is 10.7. The fourth-order valence-electron chi connectivity index (χ4n) is 3.85. The van der Waals surface area contributed by atoms with E-state index in [4.69, 9.17) is 19.4 Å². The lowest BCUT2D eigenvalue weighted by atomic mass is 10.1. The maximum absolute atomic E-state index is 6.23. The van der Waals surface area contributed by atoms with E-state index in [-0.39, 0.29) is 0 Å². The van der Waals surface area contributed by atoms with Gasteiger partial charge in [-0.2, -0.15) is 0 Å². The van der Waals surface area contributed by atoms with Gasteiger partial charge < -0.3 is 4.42 Å². The third-order valence-electron chi connectivity index (χ3n) is 5.34. The van der Waals surface area contributed by atoms with Gasteiger partial charge in [-0.15, -0.1) is 0 Å². The number of benzene rings is 4. The van der Waals surface area contributed by atoms with Crippen molar-refractivity contribution in [3.05, 3.63) is 103 Å². The van der Waals surface area contributed by atoms with Gasteiger partial charge in [-0.05, 0) is 12.1 Å². The zero-order valence-corrected chi connectivity index (χ0v) is 18.6. The minimum absolute atomic E-state index is 0.595. The zero-order chi connectivity index (χ0) is 22.6. The van der Waals surface area contributed by atoms with Crippen LogP contribution < -0.4 is 0 Å². The summed E-state index contributed by atoms with van der Waals surface area (Å²) >= 11 is 0. The van der Waals surface area contributed by atoms with Crippen molar-refractivity contribution in [3.8, 4) is 34.2 Å². The molecule has 0 radical (unpaired) electrons. The molecule has 0 saturated heterocycles. The number of aromatic nitrogens is 3. The number of furan rings is 1. The number of rotatable bonds is 3. The Morgan fingerprint density at radius 2 is 1.00 bits per heavy atom. The molecule has 4 nitrogen and oxygen atoms in total. The molecule has 6 rings (SSSR count). The second-order valence-corrected chi connectivity index (χ2v) is 7.32. The van der Waals surface area contributed by atoms with Gasteiger partial charge >= 0.3 is 0 Å². The molecule has 4 heteroatoms. The van der Waals surface area contributed by atoms with Gasteiger partial charge in [-0.3, -0.25) is 0 Å². The summed E-state index contributed by atoms with van der Waals surface area (Å²) in [5.74, 6) is 1.87. The van der Waals surface area contributed by atoms with Crippen LogP contribution in [0.5, 0.6) is 0 Å². The summed E-state index contributed by atoms with van der Waals surface area (Å²) in [6.45, 7) is 4.00. The van der Waals surface area contributed by atoms with Crippen LogP contribution in [0.25, 0.3) is 56.1 Å². The van der Waals surface area contributed by atoms with Crippen molar-refractivity contribution in [2.45, 2.75) is 13.8 Å². The highest BCUT2D eigenvalue weighted by atomic mass is 16.3. The Morgan fingerprint density at radius 3 is 1.64 bits per heavy atom. The number of hydrogen-bond acceptors (Lipinski definition) is 4. The maximum Gasteiger partial charge on any atom is 0.167 e. The summed E-state index contributed by atoms with van der Waals surface area (Å²) in [6, 6.07) is 34.1. The first-order chi connectivity index (χ1) is 16.4. The summed E-state index contributed by atoms with van der Waals surface area (Å²) in [7, 11) is 0. The van der Waals surface area contributed by atoms with Crippen molar-refractivity contribution in [2.24, 2.45) is 0 Å². The molecule has 2 aromatic heterocycles. The van der Waals surface area contributed by atoms with Crippen LogP contribution in [0.4, 0.5) is 0 Å². The molecule has 160 valence electrons. The van der Waals surface area contributed by atoms with Crippen LogP contribution in [0, 0.1) is 0 Å². The van der Waals surface area contributed by atoms with E-state index in [9.17, 15) is 0 Å². The molecule has 0 N–H and O–H groups in total. The van der Waals surface area contributed by atoms with E-state index in [1.807, 2.05) is 105 Å². The largest absolute Gasteiger partial charge is 0.455 e. The molecule has 0 amide bonds. The number of fused-ring (bicyclic) bond motifs is 3. The molecule has 0 unspecified atom stereocenters. The van der Waals surface area contributed by atoms with Crippen LogP contribution in [0.1, 0.15) is 13.8 Å². The second-order valence-electron chi connectivity index (χ2n) is 7.32. The lowest BCUT2D eigenvalue weighted by Crippen LogP contribution is -2.00. The van der Waals surface area contributed by atoms with E-state index in [1.165, 1.54) is 0 Å². The number of nitrogens with zero attached hydrogens (tertiary/aromatic N) is 3. The molecule has 0 saturated carbocycles. The molecule has 0 bridgehead atoms. The van der Waals surface area contributed by atoms with Gasteiger partial charge in [0.15, 0.2) is 17.5 Å². The highest BCUT2D eigenvalue weighted by Gasteiger charge is 2.17. The minimum atomic E-state index is 0.595. The predicted octanol–water partition coefficient (Wildman–Crippen LogP) is 7.80. The van der Waals surface area contributed by atoms with Crippen LogP contribution in [0.3, 0.4) is 0 Å². The third-order valence-corrected chi connectivity index (χ3v) is 5.34. The van der Waals surface area contributed by atoms with Gasteiger partial charge in [0.05, 0.1) is 5.56 Å². The van der Waals surface area contributed by atoms with Gasteiger partial charge in [-0.1, -0.05) is 105 Å². The molecule has 0 atom stereocenters. The Hall–Kier alpha value is -4.31. The molecule has 0 spiro atoms. The van der Waals surface area contributed by atoms with Gasteiger partial charge in [0, 0.05) is 21.9 Å². The fourth-order valence-corrected chi connectivity index (χ4v) is 3.85. The van der Waals surface area contributed by atoms with E-state index >= 15 is 0 Å². The van der Waals surface area contributed by atoms with Gasteiger partial charge in [0.1, 0.15) is 11.2 Å². The van der Waals surface area contributed by atoms with Crippen molar-refractivity contribution >= 4 is 21.9 Å². The van der Waals surface area contributed by atoms with Gasteiger partial charge in [-0.25, -0.2) is 15.0 Å². The molecular weight excluding hydrogens is 406 g/mol. The Balaban J connectivity index is 0.00000111. The molecular formula is C29H23N3O. The van der Waals surface area contributed by atoms with Crippen molar-refractivity contribution in [1.82, 2.24) is 15.0 Å². The smallest absolute Gasteiger partial charge is 0.167 e. The fraction of sp³-hybridized carbons (Fsp3) is 0.0690. The van der Waals surface area contributed by atoms with Crippen molar-refractivity contribution in [2.75, 3.05) is 0 Å². The molecule has 0 aliphatic rings. The monoisotopic (exact) mass is 429 g/mol. The lowest BCUT2D eigenvalue weighted by molar-refractivity contribution is 0.669. The summed E-state index contributed by atoms with van der Waals surface area (Å²) < 4.78 is 6.23. The maximum atomic E-state index is 6.23. The summed E-state index contributed by atoms with van der Waals surface area (Å²) in [6.07, 6.45) is 0. The minimum Gasteiger partial charge on any atom is -0.455 e. The van der Waals surface area contributed by atoms with Crippen LogP contribution in [-0.2, 0) is 0 Å². The third kappa shape index (κ3) is 3.87. The van der Waals surface area contributed by atoms with Crippen molar-refractivity contribution < 1.29 is 4.42 Å². The standard InChI is InChI=1S/C27H17N3O.C2H6/c1-3-10-18(11-4-1)25-28-26(19-12-5-2-6-13-19)30-27(29-25)22-16-9-15-21-20-14-7-8-17-23(20)31-24(21)22;1-2/h1-17H;1-2H3. The van der Waals surface area contributed by atoms with Gasteiger partial charge in [0.2, 0.25) is 0 Å². The number of para-hydroxylation sites is 2. The Morgan fingerprint density at radius 1 is 0.485 bits per heavy atom. The SMILES string of the molecule is CC.c1ccc(-c2nc(-c3ccccc3)nc(-c3cccc4c3oc3ccccc34)n2)cc1. The van der Waals surface area contributed by atoms with Crippen LogP contribution in [0.2, 0.25) is 0 Å². The molecule has 0 aliphatic heterocycles. The van der Waals surface area contributed by atoms with Crippen LogP contribution in [0.15, 0.2) is 108 Å². The van der Waals surface area contributed by atoms with Crippen LogP contribution >= 0.6 is 0 Å². The lowest BCUT2D eigenvalue weighted by Gasteiger charge is -2.08. The average molecular weight is 430 g/mol. The summed E-state index contributed by atoms with van der Waals surface area (Å²) in [4.78, 5) is 14.4. The van der Waals surface area contributed by atoms with Gasteiger partial charge in [0.25, 0.3) is 0 Å². The first-order valence-electron chi connectivity index (χ1n) is 11.1. The molecule has 4 aromatic carbocycles. The topological polar surface area (TPSA) is 51.8 Å². The van der Waals surface area contributed by atoms with E-state index in [0.717, 1.165) is 38.6 Å². The Kier molecular flexibility index (Phi) is 5.64. The highest BCUT2D eigenvalue weighted by molar-refractivity contribution is 6.09. The molecule has 0 aliphatic carbocycles. The molecule has 6 aromatic rings. The number of hydrogen-bond donors (Lipinski definition) is 0.